The van der Waals surface area contributed by atoms with E-state index < -0.39 is 0 Å². The highest BCUT2D eigenvalue weighted by Crippen LogP contribution is 2.51. The van der Waals surface area contributed by atoms with E-state index in [4.69, 9.17) is 10.5 Å². The van der Waals surface area contributed by atoms with Crippen LogP contribution in [-0.2, 0) is 9.53 Å². The molecule has 0 bridgehead atoms. The average Bonchev–Trinajstić information content (AvgIpc) is 2.56. The van der Waals surface area contributed by atoms with Gasteiger partial charge in [-0.15, -0.1) is 0 Å². The Balaban J connectivity index is 1.85. The zero-order valence-electron chi connectivity index (χ0n) is 14.8. The van der Waals surface area contributed by atoms with Crippen LogP contribution in [-0.4, -0.2) is 61.8 Å². The molecular weight excluding hydrogens is 290 g/mol. The summed E-state index contributed by atoms with van der Waals surface area (Å²) in [6.45, 7) is 7.26. The molecule has 2 heterocycles. The Morgan fingerprint density at radius 2 is 1.87 bits per heavy atom. The molecule has 1 aliphatic carbocycles. The molecule has 4 atom stereocenters. The van der Waals surface area contributed by atoms with Crippen LogP contribution >= 0.6 is 0 Å². The molecule has 1 saturated carbocycles. The van der Waals surface area contributed by atoms with E-state index in [1.54, 1.807) is 0 Å². The number of ether oxygens (including phenoxy) is 1. The first-order chi connectivity index (χ1) is 11.1. The van der Waals surface area contributed by atoms with Gasteiger partial charge in [0.05, 0.1) is 5.41 Å². The van der Waals surface area contributed by atoms with E-state index in [9.17, 15) is 4.79 Å². The predicted octanol–water partition coefficient (Wildman–Crippen LogP) is 1.67. The molecule has 23 heavy (non-hydrogen) atoms. The van der Waals surface area contributed by atoms with Gasteiger partial charge in [0.25, 0.3) is 0 Å². The lowest BCUT2D eigenvalue weighted by Gasteiger charge is -2.53. The summed E-state index contributed by atoms with van der Waals surface area (Å²) in [6, 6.07) is 0. The fourth-order valence-electron chi connectivity index (χ4n) is 5.19. The summed E-state index contributed by atoms with van der Waals surface area (Å²) in [5, 5.41) is 0. The number of carbonyl (C=O) groups is 1. The lowest BCUT2D eigenvalue weighted by molar-refractivity contribution is -0.183. The van der Waals surface area contributed by atoms with Crippen molar-refractivity contribution in [3.63, 3.8) is 0 Å². The zero-order chi connectivity index (χ0) is 16.4. The maximum Gasteiger partial charge on any atom is 0.224 e. The van der Waals surface area contributed by atoms with Crippen LogP contribution in [0.2, 0.25) is 0 Å². The number of carbonyl (C=O) groups excluding carboxylic acids is 1. The third-order valence-electron chi connectivity index (χ3n) is 6.67. The number of hydrogen-bond acceptors (Lipinski definition) is 4. The molecule has 5 nitrogen and oxygen atoms in total. The van der Waals surface area contributed by atoms with E-state index in [-0.39, 0.29) is 23.5 Å². The molecule has 2 N–H and O–H groups in total. The van der Waals surface area contributed by atoms with Crippen LogP contribution in [0.4, 0.5) is 0 Å². The normalized spacial score (nSPS) is 40.9. The Bertz CT molecular complexity index is 422. The molecule has 2 saturated heterocycles. The Morgan fingerprint density at radius 1 is 1.13 bits per heavy atom. The van der Waals surface area contributed by atoms with Gasteiger partial charge in [0, 0.05) is 38.7 Å². The second kappa shape index (κ2) is 7.08. The van der Waals surface area contributed by atoms with Gasteiger partial charge in [-0.25, -0.2) is 0 Å². The van der Waals surface area contributed by atoms with Crippen molar-refractivity contribution in [2.75, 3.05) is 39.8 Å². The molecule has 3 rings (SSSR count). The van der Waals surface area contributed by atoms with Gasteiger partial charge >= 0.3 is 0 Å². The van der Waals surface area contributed by atoms with E-state index >= 15 is 0 Å². The third-order valence-corrected chi connectivity index (χ3v) is 6.67. The van der Waals surface area contributed by atoms with Crippen LogP contribution in [0.3, 0.4) is 0 Å². The molecule has 0 aromatic carbocycles. The van der Waals surface area contributed by atoms with Gasteiger partial charge in [0.1, 0.15) is 6.23 Å². The summed E-state index contributed by atoms with van der Waals surface area (Å²) in [4.78, 5) is 17.4. The van der Waals surface area contributed by atoms with Crippen molar-refractivity contribution in [1.82, 2.24) is 9.80 Å². The molecule has 0 spiro atoms. The van der Waals surface area contributed by atoms with Crippen LogP contribution in [0.15, 0.2) is 0 Å². The molecule has 0 aromatic rings. The van der Waals surface area contributed by atoms with Crippen molar-refractivity contribution in [3.8, 4) is 0 Å². The van der Waals surface area contributed by atoms with Gasteiger partial charge in [-0.3, -0.25) is 9.69 Å². The molecule has 1 amide bonds. The van der Waals surface area contributed by atoms with Gasteiger partial charge < -0.3 is 15.4 Å². The fourth-order valence-corrected chi connectivity index (χ4v) is 5.19. The summed E-state index contributed by atoms with van der Waals surface area (Å²) >= 11 is 0. The van der Waals surface area contributed by atoms with Crippen molar-refractivity contribution in [2.45, 2.75) is 51.7 Å². The van der Waals surface area contributed by atoms with Gasteiger partial charge in [0.15, 0.2) is 0 Å². The Kier molecular flexibility index (Phi) is 5.29. The first-order valence-corrected chi connectivity index (χ1v) is 9.40. The van der Waals surface area contributed by atoms with Crippen LogP contribution in [0, 0.1) is 17.3 Å². The van der Waals surface area contributed by atoms with Crippen molar-refractivity contribution in [2.24, 2.45) is 23.0 Å². The summed E-state index contributed by atoms with van der Waals surface area (Å²) in [5.41, 5.74) is 5.65. The van der Waals surface area contributed by atoms with Crippen LogP contribution in [0.5, 0.6) is 0 Å². The molecule has 4 unspecified atom stereocenters. The lowest BCUT2D eigenvalue weighted by Crippen LogP contribution is -2.61. The molecule has 3 fully saturated rings. The summed E-state index contributed by atoms with van der Waals surface area (Å²) in [6.07, 6.45) is 6.62. The number of rotatable bonds is 3. The first-order valence-electron chi connectivity index (χ1n) is 9.40. The minimum absolute atomic E-state index is 0.0745. The van der Waals surface area contributed by atoms with E-state index in [1.165, 1.54) is 6.42 Å². The molecule has 0 radical (unpaired) electrons. The minimum atomic E-state index is -0.368. The Morgan fingerprint density at radius 3 is 2.52 bits per heavy atom. The molecule has 0 aromatic heterocycles. The summed E-state index contributed by atoms with van der Waals surface area (Å²) < 4.78 is 6.24. The Labute approximate surface area is 140 Å². The van der Waals surface area contributed by atoms with Gasteiger partial charge in [0.2, 0.25) is 5.91 Å². The second-order valence-corrected chi connectivity index (χ2v) is 7.90. The average molecular weight is 323 g/mol. The summed E-state index contributed by atoms with van der Waals surface area (Å²) in [7, 11) is 2.17. The fraction of sp³-hybridized carbons (Fsp3) is 0.944. The van der Waals surface area contributed by atoms with Crippen molar-refractivity contribution < 1.29 is 9.53 Å². The minimum Gasteiger partial charge on any atom is -0.369 e. The number of likely N-dealkylation sites (N-methyl/N-ethyl adjacent to an activating group) is 1. The van der Waals surface area contributed by atoms with Crippen molar-refractivity contribution >= 4 is 5.91 Å². The predicted molar refractivity (Wildman–Crippen MR) is 90.8 cm³/mol. The molecule has 5 heteroatoms. The third kappa shape index (κ3) is 3.15. The molecular formula is C18H33N3O2. The quantitative estimate of drug-likeness (QED) is 0.858. The number of piperazine rings is 1. The Hall–Kier alpha value is -0.650. The van der Waals surface area contributed by atoms with Crippen LogP contribution in [0.1, 0.15) is 45.4 Å². The molecule has 3 aliphatic rings. The van der Waals surface area contributed by atoms with Crippen LogP contribution in [0.25, 0.3) is 0 Å². The molecule has 132 valence electrons. The van der Waals surface area contributed by atoms with E-state index in [0.29, 0.717) is 5.92 Å². The highest BCUT2D eigenvalue weighted by atomic mass is 16.5. The number of primary amides is 1. The SMILES string of the molecule is CC1CCCCC1(C(N)=O)C1CCCOC1N1CCN(C)CC1. The van der Waals surface area contributed by atoms with Crippen molar-refractivity contribution in [3.05, 3.63) is 0 Å². The summed E-state index contributed by atoms with van der Waals surface area (Å²) in [5.74, 6) is 0.544. The standard InChI is InChI=1S/C18H33N3O2/c1-14-6-3-4-8-18(14,17(19)22)15-7-5-13-23-16(15)21-11-9-20(2)10-12-21/h14-16H,3-13H2,1-2H3,(H2,19,22). The van der Waals surface area contributed by atoms with Gasteiger partial charge in [-0.1, -0.05) is 19.8 Å². The topological polar surface area (TPSA) is 58.8 Å². The highest BCUT2D eigenvalue weighted by molar-refractivity contribution is 5.81. The van der Waals surface area contributed by atoms with E-state index in [0.717, 1.165) is 64.9 Å². The maximum atomic E-state index is 12.6. The number of amides is 1. The smallest absolute Gasteiger partial charge is 0.224 e. The second-order valence-electron chi connectivity index (χ2n) is 7.90. The number of hydrogen-bond donors (Lipinski definition) is 1. The highest BCUT2D eigenvalue weighted by Gasteiger charge is 2.54. The zero-order valence-corrected chi connectivity index (χ0v) is 14.8. The lowest BCUT2D eigenvalue weighted by atomic mass is 9.57. The van der Waals surface area contributed by atoms with Crippen molar-refractivity contribution in [1.29, 1.82) is 0 Å². The van der Waals surface area contributed by atoms with Crippen LogP contribution < -0.4 is 5.73 Å². The number of nitrogens with zero attached hydrogens (tertiary/aromatic N) is 2. The monoisotopic (exact) mass is 323 g/mol. The number of nitrogens with two attached hydrogens (primary N) is 1. The van der Waals surface area contributed by atoms with E-state index in [2.05, 4.69) is 23.8 Å². The first kappa shape index (κ1) is 17.2. The molecule has 2 aliphatic heterocycles. The largest absolute Gasteiger partial charge is 0.369 e. The van der Waals surface area contributed by atoms with Gasteiger partial charge in [-0.05, 0) is 38.6 Å². The van der Waals surface area contributed by atoms with Gasteiger partial charge in [-0.2, -0.15) is 0 Å². The maximum absolute atomic E-state index is 12.6. The van der Waals surface area contributed by atoms with E-state index in [1.807, 2.05) is 0 Å².